The fraction of sp³-hybridized carbons (Fsp3) is 0. The smallest absolute Gasteiger partial charge is 0.216 e. The minimum Gasteiger partial charge on any atom is -0.457 e. The van der Waals surface area contributed by atoms with Crippen molar-refractivity contribution in [2.24, 2.45) is 0 Å². The van der Waals surface area contributed by atoms with E-state index in [9.17, 15) is 0 Å². The number of aromatic nitrogens is 4. The zero-order chi connectivity index (χ0) is 15.9. The summed E-state index contributed by atoms with van der Waals surface area (Å²) in [5.74, 6) is 1.74. The monoisotopic (exact) mass is 304 g/mol. The normalized spacial score (nSPS) is 10.8. The van der Waals surface area contributed by atoms with Crippen molar-refractivity contribution in [3.8, 4) is 17.6 Å². The number of rotatable bonds is 5. The molecule has 0 aliphatic heterocycles. The van der Waals surface area contributed by atoms with E-state index in [0.717, 1.165) is 17.2 Å². The standard InChI is InChI=1S/C16H12N6O/c17-10-12(16-19-21-22-20-16)11-18-13-6-8-15(9-7-13)23-14-4-2-1-3-5-14/h1-9,11,18H,(H,19,20,21,22). The summed E-state index contributed by atoms with van der Waals surface area (Å²) in [6.45, 7) is 0. The number of para-hydroxylation sites is 1. The predicted molar refractivity (Wildman–Crippen MR) is 84.3 cm³/mol. The molecule has 7 nitrogen and oxygen atoms in total. The Hall–Kier alpha value is -3.66. The Labute approximate surface area is 132 Å². The highest BCUT2D eigenvalue weighted by atomic mass is 16.5. The van der Waals surface area contributed by atoms with E-state index in [1.165, 1.54) is 6.20 Å². The SMILES string of the molecule is N#CC(=CNc1ccc(Oc2ccccc2)cc1)c1nn[nH]n1. The van der Waals surface area contributed by atoms with Gasteiger partial charge in [-0.1, -0.05) is 18.2 Å². The van der Waals surface area contributed by atoms with Gasteiger partial charge in [-0.05, 0) is 41.6 Å². The summed E-state index contributed by atoms with van der Waals surface area (Å²) in [4.78, 5) is 0. The fourth-order valence-electron chi connectivity index (χ4n) is 1.82. The average molecular weight is 304 g/mol. The van der Waals surface area contributed by atoms with Gasteiger partial charge < -0.3 is 10.1 Å². The van der Waals surface area contributed by atoms with Crippen LogP contribution in [-0.2, 0) is 0 Å². The van der Waals surface area contributed by atoms with Gasteiger partial charge in [0.05, 0.1) is 0 Å². The molecule has 3 aromatic rings. The van der Waals surface area contributed by atoms with Crippen LogP contribution >= 0.6 is 0 Å². The van der Waals surface area contributed by atoms with Crippen molar-refractivity contribution in [2.45, 2.75) is 0 Å². The Morgan fingerprint density at radius 3 is 2.48 bits per heavy atom. The molecule has 2 aromatic carbocycles. The molecule has 0 saturated heterocycles. The third-order valence-corrected chi connectivity index (χ3v) is 2.92. The molecule has 0 bridgehead atoms. The maximum Gasteiger partial charge on any atom is 0.216 e. The molecule has 1 aromatic heterocycles. The van der Waals surface area contributed by atoms with Crippen LogP contribution < -0.4 is 10.1 Å². The molecule has 23 heavy (non-hydrogen) atoms. The zero-order valence-electron chi connectivity index (χ0n) is 12.0. The summed E-state index contributed by atoms with van der Waals surface area (Å²) in [6, 6.07) is 18.9. The number of nitriles is 1. The van der Waals surface area contributed by atoms with Crippen molar-refractivity contribution in [3.63, 3.8) is 0 Å². The second-order valence-corrected chi connectivity index (χ2v) is 4.49. The summed E-state index contributed by atoms with van der Waals surface area (Å²) in [6.07, 6.45) is 1.53. The molecule has 0 aliphatic rings. The molecule has 3 rings (SSSR count). The molecule has 0 aliphatic carbocycles. The lowest BCUT2D eigenvalue weighted by atomic mass is 10.2. The average Bonchev–Trinajstić information content (AvgIpc) is 3.12. The highest BCUT2D eigenvalue weighted by Gasteiger charge is 2.05. The summed E-state index contributed by atoms with van der Waals surface area (Å²) in [5, 5.41) is 25.4. The number of nitrogens with zero attached hydrogens (tertiary/aromatic N) is 4. The van der Waals surface area contributed by atoms with Gasteiger partial charge in [-0.25, -0.2) is 0 Å². The van der Waals surface area contributed by atoms with E-state index in [1.807, 2.05) is 60.7 Å². The van der Waals surface area contributed by atoms with Gasteiger partial charge in [0.1, 0.15) is 23.1 Å². The van der Waals surface area contributed by atoms with Crippen LogP contribution in [0.3, 0.4) is 0 Å². The molecule has 7 heteroatoms. The van der Waals surface area contributed by atoms with E-state index in [1.54, 1.807) is 0 Å². The number of allylic oxidation sites excluding steroid dienone is 1. The van der Waals surface area contributed by atoms with Gasteiger partial charge in [-0.2, -0.15) is 10.5 Å². The van der Waals surface area contributed by atoms with Crippen molar-refractivity contribution < 1.29 is 4.74 Å². The Morgan fingerprint density at radius 1 is 1.09 bits per heavy atom. The summed E-state index contributed by atoms with van der Waals surface area (Å²) in [7, 11) is 0. The number of benzene rings is 2. The van der Waals surface area contributed by atoms with Gasteiger partial charge in [0.25, 0.3) is 0 Å². The van der Waals surface area contributed by atoms with E-state index in [-0.39, 0.29) is 11.4 Å². The Kier molecular flexibility index (Phi) is 4.26. The second kappa shape index (κ2) is 6.87. The van der Waals surface area contributed by atoms with Crippen molar-refractivity contribution in [2.75, 3.05) is 5.32 Å². The first-order valence-corrected chi connectivity index (χ1v) is 6.79. The van der Waals surface area contributed by atoms with E-state index >= 15 is 0 Å². The number of tetrazole rings is 1. The summed E-state index contributed by atoms with van der Waals surface area (Å²) < 4.78 is 5.71. The van der Waals surface area contributed by atoms with Crippen LogP contribution in [0.5, 0.6) is 11.5 Å². The quantitative estimate of drug-likeness (QED) is 0.703. The first kappa shape index (κ1) is 14.3. The minimum atomic E-state index is 0.240. The summed E-state index contributed by atoms with van der Waals surface area (Å²) in [5.41, 5.74) is 1.09. The first-order chi connectivity index (χ1) is 11.3. The molecule has 0 unspecified atom stereocenters. The molecule has 2 N–H and O–H groups in total. The largest absolute Gasteiger partial charge is 0.457 e. The number of hydrogen-bond donors (Lipinski definition) is 2. The number of nitrogens with one attached hydrogen (secondary N) is 2. The number of H-pyrrole nitrogens is 1. The zero-order valence-corrected chi connectivity index (χ0v) is 12.0. The van der Waals surface area contributed by atoms with Crippen LogP contribution in [0.25, 0.3) is 5.57 Å². The Morgan fingerprint density at radius 2 is 1.83 bits per heavy atom. The molecule has 0 spiro atoms. The van der Waals surface area contributed by atoms with Gasteiger partial charge in [0.2, 0.25) is 5.82 Å². The lowest BCUT2D eigenvalue weighted by Gasteiger charge is -2.06. The van der Waals surface area contributed by atoms with Gasteiger partial charge in [-0.3, -0.25) is 0 Å². The van der Waals surface area contributed by atoms with Crippen LogP contribution in [0.2, 0.25) is 0 Å². The van der Waals surface area contributed by atoms with Gasteiger partial charge in [0, 0.05) is 11.9 Å². The highest BCUT2D eigenvalue weighted by molar-refractivity contribution is 5.74. The van der Waals surface area contributed by atoms with Crippen molar-refractivity contribution in [3.05, 3.63) is 66.6 Å². The molecule has 0 saturated carbocycles. The molecule has 112 valence electrons. The maximum absolute atomic E-state index is 9.08. The summed E-state index contributed by atoms with van der Waals surface area (Å²) >= 11 is 0. The van der Waals surface area contributed by atoms with Crippen molar-refractivity contribution >= 4 is 11.3 Å². The lowest BCUT2D eigenvalue weighted by molar-refractivity contribution is 0.483. The molecular formula is C16H12N6O. The van der Waals surface area contributed by atoms with Crippen LogP contribution in [-0.4, -0.2) is 20.6 Å². The minimum absolute atomic E-state index is 0.240. The van der Waals surface area contributed by atoms with Crippen LogP contribution in [0, 0.1) is 11.3 Å². The Bertz CT molecular complexity index is 819. The Balaban J connectivity index is 1.67. The third kappa shape index (κ3) is 3.71. The maximum atomic E-state index is 9.08. The molecule has 0 amide bonds. The van der Waals surface area contributed by atoms with Gasteiger partial charge in [0.15, 0.2) is 0 Å². The molecular weight excluding hydrogens is 292 g/mol. The second-order valence-electron chi connectivity index (χ2n) is 4.49. The highest BCUT2D eigenvalue weighted by Crippen LogP contribution is 2.22. The third-order valence-electron chi connectivity index (χ3n) is 2.92. The lowest BCUT2D eigenvalue weighted by Crippen LogP contribution is -1.93. The topological polar surface area (TPSA) is 99.5 Å². The van der Waals surface area contributed by atoms with E-state index < -0.39 is 0 Å². The number of aromatic amines is 1. The molecule has 0 radical (unpaired) electrons. The van der Waals surface area contributed by atoms with Crippen LogP contribution in [0.1, 0.15) is 5.82 Å². The van der Waals surface area contributed by atoms with Gasteiger partial charge >= 0.3 is 0 Å². The van der Waals surface area contributed by atoms with Crippen molar-refractivity contribution in [1.82, 2.24) is 20.6 Å². The van der Waals surface area contributed by atoms with Gasteiger partial charge in [-0.15, -0.1) is 10.2 Å². The van der Waals surface area contributed by atoms with Crippen LogP contribution in [0.15, 0.2) is 60.8 Å². The van der Waals surface area contributed by atoms with E-state index in [4.69, 9.17) is 10.00 Å². The first-order valence-electron chi connectivity index (χ1n) is 6.79. The molecule has 0 atom stereocenters. The predicted octanol–water partition coefficient (Wildman–Crippen LogP) is 2.97. The van der Waals surface area contributed by atoms with Crippen LogP contribution in [0.4, 0.5) is 5.69 Å². The van der Waals surface area contributed by atoms with Crippen molar-refractivity contribution in [1.29, 1.82) is 5.26 Å². The fourth-order valence-corrected chi connectivity index (χ4v) is 1.82. The number of ether oxygens (including phenoxy) is 1. The number of hydrogen-bond acceptors (Lipinski definition) is 6. The molecule has 0 fully saturated rings. The number of anilines is 1. The van der Waals surface area contributed by atoms with E-state index in [2.05, 4.69) is 25.9 Å². The molecule has 1 heterocycles. The van der Waals surface area contributed by atoms with E-state index in [0.29, 0.717) is 0 Å².